The molecule has 0 aliphatic heterocycles. The van der Waals surface area contributed by atoms with E-state index in [1.54, 1.807) is 30.6 Å². The molecule has 2 heterocycles. The second-order valence-corrected chi connectivity index (χ2v) is 4.44. The number of rotatable bonds is 2. The lowest BCUT2D eigenvalue weighted by Gasteiger charge is -2.09. The van der Waals surface area contributed by atoms with Crippen LogP contribution in [0.25, 0.3) is 22.4 Å². The molecule has 3 N–H and O–H groups in total. The molecular weight excluding hydrogens is 271 g/mol. The van der Waals surface area contributed by atoms with Crippen LogP contribution >= 0.6 is 0 Å². The van der Waals surface area contributed by atoms with Gasteiger partial charge in [-0.2, -0.15) is 0 Å². The molecule has 21 heavy (non-hydrogen) atoms. The smallest absolute Gasteiger partial charge is 0.247 e. The van der Waals surface area contributed by atoms with Crippen molar-refractivity contribution in [1.29, 1.82) is 0 Å². The topological polar surface area (TPSA) is 84.7 Å². The fraction of sp³-hybridized carbons (Fsp3) is 0. The van der Waals surface area contributed by atoms with Gasteiger partial charge in [-0.1, -0.05) is 12.1 Å². The van der Waals surface area contributed by atoms with Crippen LogP contribution in [0, 0.1) is 5.82 Å². The maximum Gasteiger partial charge on any atom is 0.247 e. The Balaban J connectivity index is 2.22. The average Bonchev–Trinajstić information content (AvgIpc) is 2.48. The van der Waals surface area contributed by atoms with Crippen LogP contribution in [0.4, 0.5) is 10.3 Å². The summed E-state index contributed by atoms with van der Waals surface area (Å²) in [5, 5.41) is 0. The molecule has 0 spiro atoms. The SMILES string of the molecule is Nc1ncc(-c2ccc(=O)[nH]c2)c(-c2cccc(F)c2)n1. The minimum Gasteiger partial charge on any atom is -0.368 e. The number of pyridine rings is 1. The van der Waals surface area contributed by atoms with Gasteiger partial charge < -0.3 is 10.7 Å². The van der Waals surface area contributed by atoms with Crippen LogP contribution in [0.1, 0.15) is 0 Å². The van der Waals surface area contributed by atoms with E-state index in [9.17, 15) is 9.18 Å². The highest BCUT2D eigenvalue weighted by Gasteiger charge is 2.11. The second-order valence-electron chi connectivity index (χ2n) is 4.44. The number of nitrogens with two attached hydrogens (primary N) is 1. The second kappa shape index (κ2) is 5.16. The molecule has 0 aliphatic carbocycles. The molecular formula is C15H11FN4O. The number of benzene rings is 1. The molecule has 0 fully saturated rings. The van der Waals surface area contributed by atoms with E-state index in [0.29, 0.717) is 22.4 Å². The minimum atomic E-state index is -0.364. The van der Waals surface area contributed by atoms with E-state index in [2.05, 4.69) is 15.0 Å². The van der Waals surface area contributed by atoms with Crippen LogP contribution in [0.5, 0.6) is 0 Å². The van der Waals surface area contributed by atoms with Gasteiger partial charge in [-0.3, -0.25) is 4.79 Å². The molecule has 0 unspecified atom stereocenters. The Kier molecular flexibility index (Phi) is 3.19. The quantitative estimate of drug-likeness (QED) is 0.754. The van der Waals surface area contributed by atoms with E-state index >= 15 is 0 Å². The fourth-order valence-corrected chi connectivity index (χ4v) is 2.04. The molecule has 3 aromatic rings. The minimum absolute atomic E-state index is 0.0995. The summed E-state index contributed by atoms with van der Waals surface area (Å²) in [6.07, 6.45) is 3.11. The Morgan fingerprint density at radius 3 is 2.71 bits per heavy atom. The predicted molar refractivity (Wildman–Crippen MR) is 77.9 cm³/mol. The van der Waals surface area contributed by atoms with Crippen molar-refractivity contribution >= 4 is 5.95 Å². The Labute approximate surface area is 119 Å². The Bertz CT molecular complexity index is 840. The largest absolute Gasteiger partial charge is 0.368 e. The summed E-state index contributed by atoms with van der Waals surface area (Å²) in [6, 6.07) is 9.11. The first-order valence-corrected chi connectivity index (χ1v) is 6.21. The lowest BCUT2D eigenvalue weighted by molar-refractivity contribution is 0.628. The lowest BCUT2D eigenvalue weighted by Crippen LogP contribution is -2.03. The highest BCUT2D eigenvalue weighted by Crippen LogP contribution is 2.29. The standard InChI is InChI=1S/C15H11FN4O/c16-11-3-1-2-9(6-11)14-12(8-19-15(17)20-14)10-4-5-13(21)18-7-10/h1-8H,(H,18,21)(H2,17,19,20). The van der Waals surface area contributed by atoms with Crippen LogP contribution in [-0.4, -0.2) is 15.0 Å². The van der Waals surface area contributed by atoms with Crippen molar-refractivity contribution in [2.45, 2.75) is 0 Å². The van der Waals surface area contributed by atoms with Crippen molar-refractivity contribution in [3.05, 3.63) is 65.0 Å². The molecule has 0 saturated carbocycles. The van der Waals surface area contributed by atoms with Gasteiger partial charge in [0.2, 0.25) is 11.5 Å². The molecule has 2 aromatic heterocycles. The molecule has 0 atom stereocenters. The van der Waals surface area contributed by atoms with E-state index in [1.807, 2.05) is 0 Å². The third kappa shape index (κ3) is 2.64. The summed E-state index contributed by atoms with van der Waals surface area (Å²) in [7, 11) is 0. The number of H-pyrrole nitrogens is 1. The van der Waals surface area contributed by atoms with Gasteiger partial charge in [-0.25, -0.2) is 14.4 Å². The number of nitrogen functional groups attached to an aromatic ring is 1. The van der Waals surface area contributed by atoms with Gasteiger partial charge in [0.05, 0.1) is 5.69 Å². The molecule has 0 saturated heterocycles. The van der Waals surface area contributed by atoms with Crippen molar-refractivity contribution in [2.24, 2.45) is 0 Å². The molecule has 3 rings (SSSR count). The van der Waals surface area contributed by atoms with Gasteiger partial charge in [0.25, 0.3) is 0 Å². The molecule has 0 radical (unpaired) electrons. The number of hydrogen-bond donors (Lipinski definition) is 2. The molecule has 6 heteroatoms. The molecule has 0 aliphatic rings. The Hall–Kier alpha value is -3.02. The summed E-state index contributed by atoms with van der Waals surface area (Å²) in [5.74, 6) is -0.264. The van der Waals surface area contributed by atoms with Crippen molar-refractivity contribution in [2.75, 3.05) is 5.73 Å². The van der Waals surface area contributed by atoms with E-state index < -0.39 is 0 Å². The molecule has 0 bridgehead atoms. The molecule has 0 amide bonds. The molecule has 104 valence electrons. The van der Waals surface area contributed by atoms with Crippen molar-refractivity contribution in [3.63, 3.8) is 0 Å². The van der Waals surface area contributed by atoms with Crippen LogP contribution in [0.15, 0.2) is 53.6 Å². The van der Waals surface area contributed by atoms with Crippen LogP contribution in [0.2, 0.25) is 0 Å². The summed E-state index contributed by atoms with van der Waals surface area (Å²) >= 11 is 0. The van der Waals surface area contributed by atoms with E-state index in [-0.39, 0.29) is 17.3 Å². The van der Waals surface area contributed by atoms with Crippen molar-refractivity contribution in [1.82, 2.24) is 15.0 Å². The van der Waals surface area contributed by atoms with Crippen LogP contribution in [-0.2, 0) is 0 Å². The van der Waals surface area contributed by atoms with Crippen molar-refractivity contribution < 1.29 is 4.39 Å². The van der Waals surface area contributed by atoms with Crippen LogP contribution < -0.4 is 11.3 Å². The Morgan fingerprint density at radius 1 is 1.14 bits per heavy atom. The zero-order valence-corrected chi connectivity index (χ0v) is 10.9. The van der Waals surface area contributed by atoms with Gasteiger partial charge in [0, 0.05) is 35.2 Å². The van der Waals surface area contributed by atoms with Crippen LogP contribution in [0.3, 0.4) is 0 Å². The fourth-order valence-electron chi connectivity index (χ4n) is 2.04. The molecule has 1 aromatic carbocycles. The number of anilines is 1. The van der Waals surface area contributed by atoms with Gasteiger partial charge in [0.1, 0.15) is 5.82 Å². The van der Waals surface area contributed by atoms with Gasteiger partial charge >= 0.3 is 0 Å². The zero-order chi connectivity index (χ0) is 14.8. The van der Waals surface area contributed by atoms with Gasteiger partial charge in [0.15, 0.2) is 0 Å². The lowest BCUT2D eigenvalue weighted by atomic mass is 10.0. The number of nitrogens with zero attached hydrogens (tertiary/aromatic N) is 2. The summed E-state index contributed by atoms with van der Waals surface area (Å²) in [4.78, 5) is 21.9. The van der Waals surface area contributed by atoms with Gasteiger partial charge in [-0.15, -0.1) is 0 Å². The number of halogens is 1. The first kappa shape index (κ1) is 13.0. The first-order valence-electron chi connectivity index (χ1n) is 6.21. The first-order chi connectivity index (χ1) is 10.1. The third-order valence-corrected chi connectivity index (χ3v) is 3.00. The third-order valence-electron chi connectivity index (χ3n) is 3.00. The van der Waals surface area contributed by atoms with Gasteiger partial charge in [-0.05, 0) is 18.2 Å². The molecule has 5 nitrogen and oxygen atoms in total. The normalized spacial score (nSPS) is 10.5. The number of aromatic amines is 1. The highest BCUT2D eigenvalue weighted by atomic mass is 19.1. The van der Waals surface area contributed by atoms with E-state index in [4.69, 9.17) is 5.73 Å². The Morgan fingerprint density at radius 2 is 2.00 bits per heavy atom. The number of hydrogen-bond acceptors (Lipinski definition) is 4. The number of nitrogens with one attached hydrogen (secondary N) is 1. The average molecular weight is 282 g/mol. The summed E-state index contributed by atoms with van der Waals surface area (Å²) < 4.78 is 13.4. The maximum atomic E-state index is 13.4. The summed E-state index contributed by atoms with van der Waals surface area (Å²) in [6.45, 7) is 0. The van der Waals surface area contributed by atoms with E-state index in [1.165, 1.54) is 18.2 Å². The zero-order valence-electron chi connectivity index (χ0n) is 10.9. The monoisotopic (exact) mass is 282 g/mol. The number of aromatic nitrogens is 3. The maximum absolute atomic E-state index is 13.4. The van der Waals surface area contributed by atoms with E-state index in [0.717, 1.165) is 0 Å². The highest BCUT2D eigenvalue weighted by molar-refractivity contribution is 5.80. The van der Waals surface area contributed by atoms with Crippen molar-refractivity contribution in [3.8, 4) is 22.4 Å². The predicted octanol–water partition coefficient (Wildman–Crippen LogP) is 2.22. The summed E-state index contributed by atoms with van der Waals surface area (Å²) in [5.41, 5.74) is 7.90.